The van der Waals surface area contributed by atoms with Crippen LogP contribution in [-0.4, -0.2) is 4.57 Å². The standard InChI is InChI=1S/C28H31NS/c1-4-20-12-13-22(14-20)28-16-23(18-30-28)26-17-25-19(3)10-11-21(5-2)15-27(25)29(26)24-8-6-7-9-24/h6-8,12,14,16-18,21H,3-5,9-11,13,15H2,1-2H3. The van der Waals surface area contributed by atoms with Gasteiger partial charge in [-0.05, 0) is 72.9 Å². The Kier molecular flexibility index (Phi) is 5.28. The molecule has 3 aliphatic carbocycles. The van der Waals surface area contributed by atoms with Gasteiger partial charge in [0.1, 0.15) is 0 Å². The molecule has 1 atom stereocenters. The van der Waals surface area contributed by atoms with Crippen molar-refractivity contribution in [2.45, 2.75) is 58.8 Å². The first-order chi connectivity index (χ1) is 14.7. The number of hydrogen-bond donors (Lipinski definition) is 0. The van der Waals surface area contributed by atoms with E-state index in [1.807, 2.05) is 11.3 Å². The first-order valence-corrected chi connectivity index (χ1v) is 12.3. The average molecular weight is 414 g/mol. The van der Waals surface area contributed by atoms with E-state index in [-0.39, 0.29) is 0 Å². The molecule has 5 rings (SSSR count). The van der Waals surface area contributed by atoms with Crippen molar-refractivity contribution < 1.29 is 0 Å². The van der Waals surface area contributed by atoms with Crippen LogP contribution in [-0.2, 0) is 6.42 Å². The van der Waals surface area contributed by atoms with Gasteiger partial charge in [0.05, 0.1) is 5.69 Å². The van der Waals surface area contributed by atoms with E-state index in [9.17, 15) is 0 Å². The molecule has 154 valence electrons. The van der Waals surface area contributed by atoms with Crippen molar-refractivity contribution in [1.82, 2.24) is 4.57 Å². The zero-order chi connectivity index (χ0) is 20.7. The highest BCUT2D eigenvalue weighted by Crippen LogP contribution is 2.42. The van der Waals surface area contributed by atoms with Crippen LogP contribution in [0.2, 0.25) is 0 Å². The summed E-state index contributed by atoms with van der Waals surface area (Å²) in [6.07, 6.45) is 19.5. The summed E-state index contributed by atoms with van der Waals surface area (Å²) in [6, 6.07) is 4.84. The molecule has 0 spiro atoms. The molecule has 3 aliphatic rings. The lowest BCUT2D eigenvalue weighted by Crippen LogP contribution is -2.08. The smallest absolute Gasteiger partial charge is 0.0543 e. The Balaban J connectivity index is 1.59. The lowest BCUT2D eigenvalue weighted by atomic mass is 9.97. The molecule has 2 aromatic heterocycles. The van der Waals surface area contributed by atoms with E-state index in [1.54, 1.807) is 0 Å². The molecule has 30 heavy (non-hydrogen) atoms. The molecule has 0 aromatic carbocycles. The van der Waals surface area contributed by atoms with Gasteiger partial charge in [0.25, 0.3) is 0 Å². The van der Waals surface area contributed by atoms with E-state index < -0.39 is 0 Å². The number of nitrogens with zero attached hydrogens (tertiary/aromatic N) is 1. The van der Waals surface area contributed by atoms with Crippen molar-refractivity contribution in [3.05, 3.63) is 76.2 Å². The number of fused-ring (bicyclic) bond motifs is 1. The molecule has 0 bridgehead atoms. The molecule has 0 N–H and O–H groups in total. The number of allylic oxidation sites excluding steroid dienone is 9. The summed E-state index contributed by atoms with van der Waals surface area (Å²) in [6.45, 7) is 9.06. The van der Waals surface area contributed by atoms with E-state index >= 15 is 0 Å². The third-order valence-electron chi connectivity index (χ3n) is 7.00. The summed E-state index contributed by atoms with van der Waals surface area (Å²) in [5, 5.41) is 2.36. The summed E-state index contributed by atoms with van der Waals surface area (Å²) < 4.78 is 2.57. The number of rotatable bonds is 5. The highest BCUT2D eigenvalue weighted by molar-refractivity contribution is 7.11. The summed E-state index contributed by atoms with van der Waals surface area (Å²) in [5.41, 5.74) is 11.2. The number of aromatic nitrogens is 1. The fourth-order valence-electron chi connectivity index (χ4n) is 5.08. The maximum Gasteiger partial charge on any atom is 0.0543 e. The Hall–Kier alpha value is -2.32. The average Bonchev–Trinajstić information content (AvgIpc) is 3.54. The molecule has 0 aliphatic heterocycles. The maximum atomic E-state index is 4.48. The van der Waals surface area contributed by atoms with Crippen molar-refractivity contribution in [2.75, 3.05) is 0 Å². The Morgan fingerprint density at radius 2 is 2.10 bits per heavy atom. The van der Waals surface area contributed by atoms with Gasteiger partial charge in [-0.15, -0.1) is 11.3 Å². The molecule has 0 radical (unpaired) electrons. The normalized spacial score (nSPS) is 20.8. The molecule has 2 heterocycles. The van der Waals surface area contributed by atoms with Gasteiger partial charge in [-0.2, -0.15) is 0 Å². The molecule has 0 saturated carbocycles. The summed E-state index contributed by atoms with van der Waals surface area (Å²) in [7, 11) is 0. The van der Waals surface area contributed by atoms with Crippen molar-refractivity contribution in [1.29, 1.82) is 0 Å². The number of hydrogen-bond acceptors (Lipinski definition) is 1. The predicted molar refractivity (Wildman–Crippen MR) is 132 cm³/mol. The molecule has 1 nitrogen and oxygen atoms in total. The van der Waals surface area contributed by atoms with Crippen LogP contribution >= 0.6 is 11.3 Å². The second-order valence-corrected chi connectivity index (χ2v) is 9.75. The molecule has 2 aromatic rings. The molecular weight excluding hydrogens is 382 g/mol. The highest BCUT2D eigenvalue weighted by Gasteiger charge is 2.26. The van der Waals surface area contributed by atoms with Crippen LogP contribution in [0.4, 0.5) is 0 Å². The van der Waals surface area contributed by atoms with Crippen molar-refractivity contribution in [3.63, 3.8) is 0 Å². The van der Waals surface area contributed by atoms with E-state index in [1.165, 1.54) is 62.6 Å². The quantitative estimate of drug-likeness (QED) is 0.433. The van der Waals surface area contributed by atoms with Crippen LogP contribution in [0.1, 0.15) is 68.5 Å². The van der Waals surface area contributed by atoms with Gasteiger partial charge < -0.3 is 4.57 Å². The van der Waals surface area contributed by atoms with Gasteiger partial charge in [0.2, 0.25) is 0 Å². The van der Waals surface area contributed by atoms with Crippen LogP contribution in [0.5, 0.6) is 0 Å². The monoisotopic (exact) mass is 413 g/mol. The van der Waals surface area contributed by atoms with E-state index in [4.69, 9.17) is 0 Å². The molecule has 0 saturated heterocycles. The third kappa shape index (κ3) is 3.41. The third-order valence-corrected chi connectivity index (χ3v) is 8.01. The fraction of sp³-hybridized carbons (Fsp3) is 0.357. The van der Waals surface area contributed by atoms with E-state index in [0.717, 1.165) is 38.0 Å². The number of thiophene rings is 1. The molecule has 0 fully saturated rings. The van der Waals surface area contributed by atoms with Gasteiger partial charge >= 0.3 is 0 Å². The van der Waals surface area contributed by atoms with Gasteiger partial charge in [-0.1, -0.05) is 56.7 Å². The van der Waals surface area contributed by atoms with Crippen LogP contribution in [0, 0.1) is 5.92 Å². The second-order valence-electron chi connectivity index (χ2n) is 8.84. The Morgan fingerprint density at radius 1 is 1.20 bits per heavy atom. The minimum absolute atomic E-state index is 0.750. The molecular formula is C28H31NS. The topological polar surface area (TPSA) is 4.93 Å². The summed E-state index contributed by atoms with van der Waals surface area (Å²) in [5.74, 6) is 0.750. The molecule has 0 amide bonds. The Bertz CT molecular complexity index is 1110. The van der Waals surface area contributed by atoms with Crippen LogP contribution in [0.3, 0.4) is 0 Å². The van der Waals surface area contributed by atoms with E-state index in [2.05, 4.69) is 72.9 Å². The van der Waals surface area contributed by atoms with Gasteiger partial charge in [0, 0.05) is 33.6 Å². The van der Waals surface area contributed by atoms with E-state index in [0.29, 0.717) is 0 Å². The highest BCUT2D eigenvalue weighted by atomic mass is 32.1. The minimum Gasteiger partial charge on any atom is -0.316 e. The summed E-state index contributed by atoms with van der Waals surface area (Å²) >= 11 is 1.89. The van der Waals surface area contributed by atoms with Crippen molar-refractivity contribution in [2.24, 2.45) is 5.92 Å². The Labute approximate surface area is 184 Å². The summed E-state index contributed by atoms with van der Waals surface area (Å²) in [4.78, 5) is 1.41. The van der Waals surface area contributed by atoms with Crippen LogP contribution in [0.25, 0.3) is 28.1 Å². The molecule has 2 heteroatoms. The fourth-order valence-corrected chi connectivity index (χ4v) is 6.01. The van der Waals surface area contributed by atoms with Gasteiger partial charge in [-0.25, -0.2) is 0 Å². The first-order valence-electron chi connectivity index (χ1n) is 11.5. The lowest BCUT2D eigenvalue weighted by Gasteiger charge is -2.17. The van der Waals surface area contributed by atoms with Crippen molar-refractivity contribution in [3.8, 4) is 11.3 Å². The lowest BCUT2D eigenvalue weighted by molar-refractivity contribution is 0.474. The van der Waals surface area contributed by atoms with Gasteiger partial charge in [-0.3, -0.25) is 0 Å². The van der Waals surface area contributed by atoms with Crippen molar-refractivity contribution >= 4 is 28.2 Å². The first kappa shape index (κ1) is 19.6. The van der Waals surface area contributed by atoms with Crippen LogP contribution in [0.15, 0.2) is 60.0 Å². The SMILES string of the molecule is C=C1CCC(CC)Cc2c1cc(-c1csc(C3=CC(CC)=CC3)c1)n2C1=CC=CC1. The zero-order valence-corrected chi connectivity index (χ0v) is 19.0. The van der Waals surface area contributed by atoms with Crippen LogP contribution < -0.4 is 0 Å². The zero-order valence-electron chi connectivity index (χ0n) is 18.2. The maximum absolute atomic E-state index is 4.48. The molecule has 1 unspecified atom stereocenters. The minimum atomic E-state index is 0.750. The van der Waals surface area contributed by atoms with Gasteiger partial charge in [0.15, 0.2) is 0 Å². The second kappa shape index (κ2) is 8.07. The predicted octanol–water partition coefficient (Wildman–Crippen LogP) is 8.52. The largest absolute Gasteiger partial charge is 0.316 e. The Morgan fingerprint density at radius 3 is 2.83 bits per heavy atom.